The average molecular weight is 190 g/mol. The molecule has 1 rings (SSSR count). The summed E-state index contributed by atoms with van der Waals surface area (Å²) in [5.74, 6) is 1.33. The Kier molecular flexibility index (Phi) is 4.40. The largest absolute Gasteiger partial charge is 0.396 e. The second-order valence-electron chi connectivity index (χ2n) is 3.66. The highest BCUT2D eigenvalue weighted by Crippen LogP contribution is 2.30. The lowest BCUT2D eigenvalue weighted by Gasteiger charge is -2.15. The SMILES string of the molecule is CC(CO)CS[C@H]1CCC[C@@H]1O. The van der Waals surface area contributed by atoms with Crippen LogP contribution in [0.15, 0.2) is 0 Å². The number of rotatable bonds is 4. The first-order valence-electron chi connectivity index (χ1n) is 4.64. The zero-order valence-electron chi connectivity index (χ0n) is 7.57. The minimum Gasteiger partial charge on any atom is -0.396 e. The van der Waals surface area contributed by atoms with Crippen molar-refractivity contribution in [3.05, 3.63) is 0 Å². The molecule has 1 saturated carbocycles. The van der Waals surface area contributed by atoms with E-state index in [-0.39, 0.29) is 12.7 Å². The summed E-state index contributed by atoms with van der Waals surface area (Å²) >= 11 is 1.81. The normalized spacial score (nSPS) is 32.2. The Morgan fingerprint density at radius 1 is 1.50 bits per heavy atom. The summed E-state index contributed by atoms with van der Waals surface area (Å²) in [7, 11) is 0. The van der Waals surface area contributed by atoms with Crippen LogP contribution in [0.5, 0.6) is 0 Å². The first kappa shape index (κ1) is 10.4. The lowest BCUT2D eigenvalue weighted by molar-refractivity contribution is 0.187. The van der Waals surface area contributed by atoms with Crippen LogP contribution in [0.4, 0.5) is 0 Å². The van der Waals surface area contributed by atoms with E-state index < -0.39 is 0 Å². The summed E-state index contributed by atoms with van der Waals surface area (Å²) in [5, 5.41) is 18.7. The van der Waals surface area contributed by atoms with E-state index in [0.717, 1.165) is 25.0 Å². The summed E-state index contributed by atoms with van der Waals surface area (Å²) in [4.78, 5) is 0. The van der Waals surface area contributed by atoms with Crippen molar-refractivity contribution in [2.45, 2.75) is 37.5 Å². The molecule has 1 aliphatic rings. The zero-order chi connectivity index (χ0) is 8.97. The van der Waals surface area contributed by atoms with E-state index >= 15 is 0 Å². The molecule has 0 bridgehead atoms. The Balaban J connectivity index is 2.13. The van der Waals surface area contributed by atoms with Crippen LogP contribution in [0.25, 0.3) is 0 Å². The van der Waals surface area contributed by atoms with E-state index in [4.69, 9.17) is 5.11 Å². The number of hydrogen-bond acceptors (Lipinski definition) is 3. The lowest BCUT2D eigenvalue weighted by Crippen LogP contribution is -2.17. The van der Waals surface area contributed by atoms with Gasteiger partial charge in [0.2, 0.25) is 0 Å². The van der Waals surface area contributed by atoms with Gasteiger partial charge >= 0.3 is 0 Å². The summed E-state index contributed by atoms with van der Waals surface area (Å²) in [6, 6.07) is 0. The van der Waals surface area contributed by atoms with Crippen LogP contribution in [0.1, 0.15) is 26.2 Å². The smallest absolute Gasteiger partial charge is 0.0658 e. The monoisotopic (exact) mass is 190 g/mol. The van der Waals surface area contributed by atoms with Crippen molar-refractivity contribution in [1.82, 2.24) is 0 Å². The maximum atomic E-state index is 9.49. The Bertz CT molecular complexity index is 130. The van der Waals surface area contributed by atoms with Crippen LogP contribution in [-0.4, -0.2) is 33.9 Å². The fourth-order valence-electron chi connectivity index (χ4n) is 1.44. The Morgan fingerprint density at radius 2 is 2.25 bits per heavy atom. The molecule has 3 atom stereocenters. The topological polar surface area (TPSA) is 40.5 Å². The molecule has 2 N–H and O–H groups in total. The van der Waals surface area contributed by atoms with Crippen LogP contribution in [0, 0.1) is 5.92 Å². The predicted octanol–water partition coefficient (Wildman–Crippen LogP) is 1.26. The first-order chi connectivity index (χ1) is 5.74. The molecule has 0 saturated heterocycles. The van der Waals surface area contributed by atoms with Crippen molar-refractivity contribution >= 4 is 11.8 Å². The molecule has 0 heterocycles. The molecule has 12 heavy (non-hydrogen) atoms. The standard InChI is InChI=1S/C9H18O2S/c1-7(5-10)6-12-9-4-2-3-8(9)11/h7-11H,2-6H2,1H3/t7?,8-,9-/m0/s1. The minimum absolute atomic E-state index is 0.0964. The molecule has 0 amide bonds. The van der Waals surface area contributed by atoms with E-state index in [1.54, 1.807) is 0 Å². The number of aliphatic hydroxyl groups excluding tert-OH is 2. The van der Waals surface area contributed by atoms with Crippen molar-refractivity contribution in [1.29, 1.82) is 0 Å². The summed E-state index contributed by atoms with van der Waals surface area (Å²) in [6.07, 6.45) is 3.17. The highest BCUT2D eigenvalue weighted by atomic mass is 32.2. The molecule has 0 aliphatic heterocycles. The Labute approximate surface area is 78.4 Å². The molecule has 1 fully saturated rings. The van der Waals surface area contributed by atoms with Crippen molar-refractivity contribution in [3.63, 3.8) is 0 Å². The van der Waals surface area contributed by atoms with Crippen LogP contribution in [0.3, 0.4) is 0 Å². The lowest BCUT2D eigenvalue weighted by atomic mass is 10.2. The van der Waals surface area contributed by atoms with Crippen molar-refractivity contribution in [2.75, 3.05) is 12.4 Å². The summed E-state index contributed by atoms with van der Waals surface area (Å²) in [5.41, 5.74) is 0. The van der Waals surface area contributed by atoms with Gasteiger partial charge in [-0.1, -0.05) is 6.92 Å². The van der Waals surface area contributed by atoms with Gasteiger partial charge in [-0.15, -0.1) is 0 Å². The van der Waals surface area contributed by atoms with Gasteiger partial charge in [-0.05, 0) is 30.9 Å². The molecule has 0 radical (unpaired) electrons. The third-order valence-corrected chi connectivity index (χ3v) is 4.06. The van der Waals surface area contributed by atoms with Crippen molar-refractivity contribution < 1.29 is 10.2 Å². The van der Waals surface area contributed by atoms with E-state index in [9.17, 15) is 5.11 Å². The highest BCUT2D eigenvalue weighted by Gasteiger charge is 2.25. The number of thioether (sulfide) groups is 1. The maximum absolute atomic E-state index is 9.49. The van der Waals surface area contributed by atoms with Gasteiger partial charge in [-0.3, -0.25) is 0 Å². The fourth-order valence-corrected chi connectivity index (χ4v) is 2.81. The van der Waals surface area contributed by atoms with Crippen LogP contribution < -0.4 is 0 Å². The van der Waals surface area contributed by atoms with Gasteiger partial charge in [0, 0.05) is 11.9 Å². The molecule has 1 unspecified atom stereocenters. The maximum Gasteiger partial charge on any atom is 0.0658 e. The molecule has 0 aromatic rings. The molecule has 1 aliphatic carbocycles. The van der Waals surface area contributed by atoms with Gasteiger partial charge in [-0.25, -0.2) is 0 Å². The molecule has 3 heteroatoms. The average Bonchev–Trinajstić information content (AvgIpc) is 2.47. The second-order valence-corrected chi connectivity index (χ2v) is 4.93. The van der Waals surface area contributed by atoms with E-state index in [1.165, 1.54) is 0 Å². The third-order valence-electron chi connectivity index (χ3n) is 2.32. The summed E-state index contributed by atoms with van der Waals surface area (Å²) in [6.45, 7) is 2.30. The Morgan fingerprint density at radius 3 is 2.75 bits per heavy atom. The van der Waals surface area contributed by atoms with Gasteiger partial charge in [0.25, 0.3) is 0 Å². The molecule has 2 nitrogen and oxygen atoms in total. The van der Waals surface area contributed by atoms with Gasteiger partial charge < -0.3 is 10.2 Å². The molecule has 72 valence electrons. The van der Waals surface area contributed by atoms with Gasteiger partial charge in [-0.2, -0.15) is 11.8 Å². The zero-order valence-corrected chi connectivity index (χ0v) is 8.39. The number of hydrogen-bond donors (Lipinski definition) is 2. The van der Waals surface area contributed by atoms with Crippen LogP contribution in [-0.2, 0) is 0 Å². The van der Waals surface area contributed by atoms with Crippen molar-refractivity contribution in [2.24, 2.45) is 5.92 Å². The Hall–Kier alpha value is 0.270. The van der Waals surface area contributed by atoms with Gasteiger partial charge in [0.05, 0.1) is 6.10 Å². The first-order valence-corrected chi connectivity index (χ1v) is 5.69. The van der Waals surface area contributed by atoms with E-state index in [0.29, 0.717) is 11.2 Å². The van der Waals surface area contributed by atoms with Crippen LogP contribution >= 0.6 is 11.8 Å². The molecular weight excluding hydrogens is 172 g/mol. The quantitative estimate of drug-likeness (QED) is 0.701. The molecular formula is C9H18O2S. The summed E-state index contributed by atoms with van der Waals surface area (Å²) < 4.78 is 0. The second kappa shape index (κ2) is 5.10. The number of aliphatic hydroxyl groups is 2. The highest BCUT2D eigenvalue weighted by molar-refractivity contribution is 7.99. The molecule has 0 aromatic carbocycles. The van der Waals surface area contributed by atoms with E-state index in [2.05, 4.69) is 0 Å². The fraction of sp³-hybridized carbons (Fsp3) is 1.00. The van der Waals surface area contributed by atoms with E-state index in [1.807, 2.05) is 18.7 Å². The third kappa shape index (κ3) is 2.96. The molecule has 0 aromatic heterocycles. The van der Waals surface area contributed by atoms with Crippen LogP contribution in [0.2, 0.25) is 0 Å². The minimum atomic E-state index is -0.0964. The van der Waals surface area contributed by atoms with Gasteiger partial charge in [0.1, 0.15) is 0 Å². The van der Waals surface area contributed by atoms with Gasteiger partial charge in [0.15, 0.2) is 0 Å². The molecule has 0 spiro atoms. The predicted molar refractivity (Wildman–Crippen MR) is 52.4 cm³/mol. The van der Waals surface area contributed by atoms with Crippen molar-refractivity contribution in [3.8, 4) is 0 Å².